The topological polar surface area (TPSA) is 69.4 Å². The Kier molecular flexibility index (Phi) is 4.06. The van der Waals surface area contributed by atoms with Crippen molar-refractivity contribution in [3.8, 4) is 16.5 Å². The van der Waals surface area contributed by atoms with Gasteiger partial charge in [0.2, 0.25) is 5.95 Å². The molecule has 0 spiro atoms. The minimum absolute atomic E-state index is 0.467. The van der Waals surface area contributed by atoms with Crippen LogP contribution in [0, 0.1) is 0 Å². The van der Waals surface area contributed by atoms with E-state index in [4.69, 9.17) is 0 Å². The molecule has 0 saturated heterocycles. The van der Waals surface area contributed by atoms with Crippen LogP contribution in [0.2, 0.25) is 0 Å². The lowest BCUT2D eigenvalue weighted by atomic mass is 10.3. The molecule has 6 nitrogen and oxygen atoms in total. The summed E-state index contributed by atoms with van der Waals surface area (Å²) in [5.41, 5.74) is 1.57. The molecule has 3 aromatic heterocycles. The zero-order valence-corrected chi connectivity index (χ0v) is 12.5. The van der Waals surface area contributed by atoms with Crippen molar-refractivity contribution >= 4 is 23.5 Å². The Hall–Kier alpha value is -2.80. The number of aromatic nitrogens is 3. The van der Waals surface area contributed by atoms with E-state index in [0.717, 1.165) is 10.6 Å². The van der Waals surface area contributed by atoms with Gasteiger partial charge in [-0.25, -0.2) is 14.8 Å². The highest BCUT2D eigenvalue weighted by atomic mass is 32.1. The average molecular weight is 312 g/mol. The smallest absolute Gasteiger partial charge is 0.319 e. The first-order valence-electron chi connectivity index (χ1n) is 6.49. The molecular formula is C15H12N4O2S. The van der Waals surface area contributed by atoms with Gasteiger partial charge in [0.05, 0.1) is 22.5 Å². The molecule has 0 aliphatic heterocycles. The van der Waals surface area contributed by atoms with E-state index >= 15 is 0 Å². The van der Waals surface area contributed by atoms with Crippen LogP contribution in [-0.2, 0) is 9.63 Å². The SMILES string of the molecule is CC(=O)O/N=C\c1cccn1-c1nccc(-c2cccs2)n1. The fourth-order valence-corrected chi connectivity index (χ4v) is 2.56. The maximum Gasteiger partial charge on any atom is 0.331 e. The van der Waals surface area contributed by atoms with Crippen LogP contribution in [0.1, 0.15) is 12.6 Å². The third-order valence-corrected chi connectivity index (χ3v) is 3.67. The number of nitrogens with zero attached hydrogens (tertiary/aromatic N) is 4. The molecular weight excluding hydrogens is 300 g/mol. The third-order valence-electron chi connectivity index (χ3n) is 2.78. The summed E-state index contributed by atoms with van der Waals surface area (Å²) in [4.78, 5) is 25.2. The van der Waals surface area contributed by atoms with Crippen molar-refractivity contribution in [2.75, 3.05) is 0 Å². The molecule has 0 aliphatic rings. The maximum absolute atomic E-state index is 10.7. The molecule has 0 radical (unpaired) electrons. The summed E-state index contributed by atoms with van der Waals surface area (Å²) >= 11 is 1.62. The second kappa shape index (κ2) is 6.31. The Balaban J connectivity index is 1.92. The standard InChI is InChI=1S/C15H12N4O2S/c1-11(20)21-17-10-12-4-2-8-19(12)15-16-7-6-13(18-15)14-5-3-9-22-14/h2-10H,1H3/b17-10-. The first-order valence-corrected chi connectivity index (χ1v) is 7.37. The van der Waals surface area contributed by atoms with E-state index in [1.54, 1.807) is 22.1 Å². The predicted molar refractivity (Wildman–Crippen MR) is 84.0 cm³/mol. The Morgan fingerprint density at radius 3 is 3.05 bits per heavy atom. The zero-order chi connectivity index (χ0) is 15.4. The van der Waals surface area contributed by atoms with E-state index in [1.165, 1.54) is 13.1 Å². The summed E-state index contributed by atoms with van der Waals surface area (Å²) in [7, 11) is 0. The van der Waals surface area contributed by atoms with Crippen molar-refractivity contribution < 1.29 is 9.63 Å². The Labute approximate surface area is 130 Å². The van der Waals surface area contributed by atoms with Gasteiger partial charge in [0.25, 0.3) is 0 Å². The quantitative estimate of drug-likeness (QED) is 0.422. The summed E-state index contributed by atoms with van der Waals surface area (Å²) in [5, 5.41) is 5.63. The van der Waals surface area contributed by atoms with E-state index in [9.17, 15) is 4.79 Å². The minimum atomic E-state index is -0.467. The third kappa shape index (κ3) is 3.09. The second-order valence-corrected chi connectivity index (χ2v) is 5.29. The van der Waals surface area contributed by atoms with Crippen molar-refractivity contribution in [3.63, 3.8) is 0 Å². The molecule has 0 amide bonds. The normalized spacial score (nSPS) is 11.0. The van der Waals surface area contributed by atoms with Gasteiger partial charge in [-0.2, -0.15) is 0 Å². The molecule has 0 aromatic carbocycles. The van der Waals surface area contributed by atoms with Crippen molar-refractivity contribution in [2.24, 2.45) is 5.16 Å². The molecule has 0 atom stereocenters. The summed E-state index contributed by atoms with van der Waals surface area (Å²) in [6, 6.07) is 9.53. The van der Waals surface area contributed by atoms with Gasteiger partial charge in [-0.3, -0.25) is 4.57 Å². The number of thiophene rings is 1. The fraction of sp³-hybridized carbons (Fsp3) is 0.0667. The zero-order valence-electron chi connectivity index (χ0n) is 11.7. The molecule has 0 N–H and O–H groups in total. The van der Waals surface area contributed by atoms with Crippen LogP contribution in [0.15, 0.2) is 53.3 Å². The number of hydrogen-bond donors (Lipinski definition) is 0. The lowest BCUT2D eigenvalue weighted by Crippen LogP contribution is -2.04. The lowest BCUT2D eigenvalue weighted by Gasteiger charge is -2.05. The highest BCUT2D eigenvalue weighted by molar-refractivity contribution is 7.13. The average Bonchev–Trinajstić information content (AvgIpc) is 3.19. The Morgan fingerprint density at radius 2 is 2.27 bits per heavy atom. The van der Waals surface area contributed by atoms with Crippen LogP contribution >= 0.6 is 11.3 Å². The Bertz CT molecular complexity index is 809. The molecule has 3 rings (SSSR count). The van der Waals surface area contributed by atoms with Gasteiger partial charge in [-0.05, 0) is 29.6 Å². The van der Waals surface area contributed by atoms with Crippen molar-refractivity contribution in [3.05, 3.63) is 53.8 Å². The van der Waals surface area contributed by atoms with Crippen LogP contribution in [0.25, 0.3) is 16.5 Å². The molecule has 7 heteroatoms. The van der Waals surface area contributed by atoms with E-state index < -0.39 is 5.97 Å². The molecule has 0 bridgehead atoms. The van der Waals surface area contributed by atoms with Gasteiger partial charge in [0.1, 0.15) is 0 Å². The molecule has 110 valence electrons. The first-order chi connectivity index (χ1) is 10.7. The molecule has 0 fully saturated rings. The van der Waals surface area contributed by atoms with E-state index in [0.29, 0.717) is 11.6 Å². The lowest BCUT2D eigenvalue weighted by molar-refractivity contribution is -0.140. The first kappa shape index (κ1) is 14.2. The number of rotatable bonds is 4. The van der Waals surface area contributed by atoms with Gasteiger partial charge >= 0.3 is 5.97 Å². The van der Waals surface area contributed by atoms with Gasteiger partial charge < -0.3 is 4.84 Å². The van der Waals surface area contributed by atoms with Crippen LogP contribution < -0.4 is 0 Å². The number of hydrogen-bond acceptors (Lipinski definition) is 6. The molecule has 3 heterocycles. The fourth-order valence-electron chi connectivity index (χ4n) is 1.86. The number of carbonyl (C=O) groups excluding carboxylic acids is 1. The summed E-state index contributed by atoms with van der Waals surface area (Å²) in [6.07, 6.45) is 4.98. The van der Waals surface area contributed by atoms with Crippen molar-refractivity contribution in [1.29, 1.82) is 0 Å². The summed E-state index contributed by atoms with van der Waals surface area (Å²) < 4.78 is 1.77. The van der Waals surface area contributed by atoms with E-state index in [-0.39, 0.29) is 0 Å². The summed E-state index contributed by atoms with van der Waals surface area (Å²) in [6.45, 7) is 1.30. The molecule has 0 saturated carbocycles. The van der Waals surface area contributed by atoms with Gasteiger partial charge in [0, 0.05) is 19.3 Å². The largest absolute Gasteiger partial charge is 0.331 e. The van der Waals surface area contributed by atoms with Crippen LogP contribution in [-0.4, -0.2) is 26.7 Å². The predicted octanol–water partition coefficient (Wildman–Crippen LogP) is 2.89. The molecule has 0 aliphatic carbocycles. The summed E-state index contributed by atoms with van der Waals surface area (Å²) in [5.74, 6) is 0.0606. The van der Waals surface area contributed by atoms with Gasteiger partial charge in [0.15, 0.2) is 0 Å². The highest BCUT2D eigenvalue weighted by Gasteiger charge is 2.07. The number of oxime groups is 1. The van der Waals surface area contributed by atoms with Crippen LogP contribution in [0.3, 0.4) is 0 Å². The minimum Gasteiger partial charge on any atom is -0.319 e. The number of carbonyl (C=O) groups is 1. The Morgan fingerprint density at radius 1 is 1.36 bits per heavy atom. The second-order valence-electron chi connectivity index (χ2n) is 4.34. The molecule has 3 aromatic rings. The van der Waals surface area contributed by atoms with Gasteiger partial charge in [-0.15, -0.1) is 11.3 Å². The van der Waals surface area contributed by atoms with Crippen molar-refractivity contribution in [1.82, 2.24) is 14.5 Å². The molecule has 22 heavy (non-hydrogen) atoms. The van der Waals surface area contributed by atoms with Crippen LogP contribution in [0.4, 0.5) is 0 Å². The van der Waals surface area contributed by atoms with Gasteiger partial charge in [-0.1, -0.05) is 11.2 Å². The highest BCUT2D eigenvalue weighted by Crippen LogP contribution is 2.22. The monoisotopic (exact) mass is 312 g/mol. The van der Waals surface area contributed by atoms with Crippen LogP contribution in [0.5, 0.6) is 0 Å². The van der Waals surface area contributed by atoms with E-state index in [1.807, 2.05) is 41.9 Å². The molecule has 0 unspecified atom stereocenters. The maximum atomic E-state index is 10.7. The van der Waals surface area contributed by atoms with Crippen molar-refractivity contribution in [2.45, 2.75) is 6.92 Å². The van der Waals surface area contributed by atoms with E-state index in [2.05, 4.69) is 20.0 Å².